The minimum absolute atomic E-state index is 0.180. The van der Waals surface area contributed by atoms with E-state index < -0.39 is 0 Å². The van der Waals surface area contributed by atoms with Gasteiger partial charge in [-0.05, 0) is 65.0 Å². The van der Waals surface area contributed by atoms with Crippen molar-refractivity contribution in [1.29, 1.82) is 0 Å². The van der Waals surface area contributed by atoms with Crippen molar-refractivity contribution in [3.63, 3.8) is 0 Å². The molecule has 0 radical (unpaired) electrons. The number of likely N-dealkylation sites (tertiary alicyclic amines) is 1. The zero-order valence-electron chi connectivity index (χ0n) is 14.8. The summed E-state index contributed by atoms with van der Waals surface area (Å²) < 4.78 is 0.541. The van der Waals surface area contributed by atoms with Crippen LogP contribution < -0.4 is 5.32 Å². The number of piperidine rings is 1. The fourth-order valence-corrected chi connectivity index (χ4v) is 3.63. The lowest BCUT2D eigenvalue weighted by Crippen LogP contribution is -2.41. The lowest BCUT2D eigenvalue weighted by molar-refractivity contribution is -0.128. The number of amides is 2. The number of hydrogen-bond acceptors (Lipinski definition) is 2. The van der Waals surface area contributed by atoms with Crippen molar-refractivity contribution in [3.05, 3.63) is 76.4 Å². The van der Waals surface area contributed by atoms with E-state index in [4.69, 9.17) is 11.6 Å². The third-order valence-corrected chi connectivity index (χ3v) is 5.56. The van der Waals surface area contributed by atoms with Crippen molar-refractivity contribution >= 4 is 43.8 Å². The summed E-state index contributed by atoms with van der Waals surface area (Å²) in [5, 5.41) is 3.42. The Morgan fingerprint density at radius 1 is 0.889 bits per heavy atom. The summed E-state index contributed by atoms with van der Waals surface area (Å²) in [6.07, 6.45) is 3.08. The molecular weight excluding hydrogens is 428 g/mol. The van der Waals surface area contributed by atoms with Gasteiger partial charge in [-0.3, -0.25) is 9.59 Å². The Kier molecular flexibility index (Phi) is 6.69. The first-order valence-corrected chi connectivity index (χ1v) is 10.0. The Hall–Kier alpha value is -2.11. The van der Waals surface area contributed by atoms with E-state index in [-0.39, 0.29) is 17.5 Å². The summed E-state index contributed by atoms with van der Waals surface area (Å²) >= 11 is 9.49. The van der Waals surface area contributed by atoms with Crippen LogP contribution in [0.4, 0.5) is 0 Å². The molecular formula is C21H20BrClN2O2. The summed E-state index contributed by atoms with van der Waals surface area (Å²) in [7, 11) is 0. The van der Waals surface area contributed by atoms with E-state index in [1.54, 1.807) is 41.3 Å². The van der Waals surface area contributed by atoms with Gasteiger partial charge in [0.15, 0.2) is 0 Å². The predicted molar refractivity (Wildman–Crippen MR) is 112 cm³/mol. The van der Waals surface area contributed by atoms with Crippen LogP contribution in [-0.4, -0.2) is 29.8 Å². The smallest absolute Gasteiger partial charge is 0.271 e. The minimum Gasteiger partial charge on any atom is -0.337 e. The molecule has 0 unspecified atom stereocenters. The standard InChI is InChI=1S/C21H20BrClN2O2/c22-18(15-9-11-17(23)12-10-15)19(21(27)25-13-5-2-6-14-25)24-20(26)16-7-3-1-4-8-16/h1,3-4,7-12H,2,5-6,13-14H2,(H,24,26)/b19-18+. The van der Waals surface area contributed by atoms with E-state index in [9.17, 15) is 9.59 Å². The van der Waals surface area contributed by atoms with Gasteiger partial charge in [0.25, 0.3) is 11.8 Å². The SMILES string of the molecule is O=C(N/C(C(=O)N1CCCCC1)=C(/Br)c1ccc(Cl)cc1)c1ccccc1. The van der Waals surface area contributed by atoms with Crippen molar-refractivity contribution in [1.82, 2.24) is 10.2 Å². The Bertz CT molecular complexity index is 844. The van der Waals surface area contributed by atoms with E-state index in [1.165, 1.54) is 0 Å². The van der Waals surface area contributed by atoms with E-state index in [1.807, 2.05) is 18.2 Å². The molecule has 1 N–H and O–H groups in total. The van der Waals surface area contributed by atoms with E-state index in [0.717, 1.165) is 24.8 Å². The molecule has 6 heteroatoms. The van der Waals surface area contributed by atoms with Gasteiger partial charge in [0.2, 0.25) is 0 Å². The van der Waals surface area contributed by atoms with Crippen LogP contribution in [0.2, 0.25) is 5.02 Å². The highest BCUT2D eigenvalue weighted by Gasteiger charge is 2.25. The molecule has 4 nitrogen and oxygen atoms in total. The number of carbonyl (C=O) groups is 2. The third kappa shape index (κ3) is 4.99. The fraction of sp³-hybridized carbons (Fsp3) is 0.238. The summed E-state index contributed by atoms with van der Waals surface area (Å²) in [5.41, 5.74) is 1.51. The van der Waals surface area contributed by atoms with Gasteiger partial charge < -0.3 is 10.2 Å². The van der Waals surface area contributed by atoms with Crippen LogP contribution in [0.1, 0.15) is 35.2 Å². The number of nitrogens with zero attached hydrogens (tertiary/aromatic N) is 1. The number of carbonyl (C=O) groups excluding carboxylic acids is 2. The topological polar surface area (TPSA) is 49.4 Å². The normalized spacial score (nSPS) is 15.1. The average molecular weight is 448 g/mol. The first kappa shape index (κ1) is 19.6. The molecule has 1 fully saturated rings. The number of benzene rings is 2. The number of hydrogen-bond donors (Lipinski definition) is 1. The highest BCUT2D eigenvalue weighted by atomic mass is 79.9. The largest absolute Gasteiger partial charge is 0.337 e. The first-order chi connectivity index (χ1) is 13.1. The highest BCUT2D eigenvalue weighted by Crippen LogP contribution is 2.27. The lowest BCUT2D eigenvalue weighted by Gasteiger charge is -2.28. The molecule has 1 saturated heterocycles. The molecule has 0 bridgehead atoms. The molecule has 0 aliphatic carbocycles. The maximum absolute atomic E-state index is 13.1. The van der Waals surface area contributed by atoms with E-state index in [2.05, 4.69) is 21.2 Å². The lowest BCUT2D eigenvalue weighted by atomic mass is 10.1. The summed E-state index contributed by atoms with van der Waals surface area (Å²) in [6, 6.07) is 16.0. The number of halogens is 2. The molecule has 1 aliphatic heterocycles. The van der Waals surface area contributed by atoms with Gasteiger partial charge in [-0.1, -0.05) is 41.9 Å². The monoisotopic (exact) mass is 446 g/mol. The molecule has 27 heavy (non-hydrogen) atoms. The molecule has 1 aliphatic rings. The van der Waals surface area contributed by atoms with Crippen LogP contribution in [0.25, 0.3) is 4.48 Å². The maximum Gasteiger partial charge on any atom is 0.271 e. The van der Waals surface area contributed by atoms with Crippen molar-refractivity contribution < 1.29 is 9.59 Å². The van der Waals surface area contributed by atoms with Crippen LogP contribution in [0, 0.1) is 0 Å². The summed E-state index contributed by atoms with van der Waals surface area (Å²) in [4.78, 5) is 27.6. The Morgan fingerprint density at radius 3 is 2.15 bits per heavy atom. The van der Waals surface area contributed by atoms with Crippen molar-refractivity contribution in [2.45, 2.75) is 19.3 Å². The minimum atomic E-state index is -0.318. The Morgan fingerprint density at radius 2 is 1.52 bits per heavy atom. The number of rotatable bonds is 4. The summed E-state index contributed by atoms with van der Waals surface area (Å²) in [5.74, 6) is -0.498. The molecule has 2 aromatic rings. The molecule has 0 spiro atoms. The highest BCUT2D eigenvalue weighted by molar-refractivity contribution is 9.15. The van der Waals surface area contributed by atoms with Gasteiger partial charge in [-0.2, -0.15) is 0 Å². The zero-order chi connectivity index (χ0) is 19.2. The second kappa shape index (κ2) is 9.20. The molecule has 2 amide bonds. The molecule has 0 saturated carbocycles. The quantitative estimate of drug-likeness (QED) is 0.681. The van der Waals surface area contributed by atoms with Gasteiger partial charge in [-0.15, -0.1) is 0 Å². The van der Waals surface area contributed by atoms with Crippen LogP contribution in [0.5, 0.6) is 0 Å². The van der Waals surface area contributed by atoms with Gasteiger partial charge >= 0.3 is 0 Å². The Labute approximate surface area is 172 Å². The second-order valence-electron chi connectivity index (χ2n) is 6.37. The first-order valence-electron chi connectivity index (χ1n) is 8.87. The summed E-state index contributed by atoms with van der Waals surface area (Å²) in [6.45, 7) is 1.40. The molecule has 1 heterocycles. The van der Waals surface area contributed by atoms with E-state index >= 15 is 0 Å². The second-order valence-corrected chi connectivity index (χ2v) is 7.60. The molecule has 0 atom stereocenters. The van der Waals surface area contributed by atoms with Gasteiger partial charge in [0, 0.05) is 23.7 Å². The van der Waals surface area contributed by atoms with Crippen molar-refractivity contribution in [3.8, 4) is 0 Å². The zero-order valence-corrected chi connectivity index (χ0v) is 17.1. The van der Waals surface area contributed by atoms with Gasteiger partial charge in [-0.25, -0.2) is 0 Å². The molecule has 0 aromatic heterocycles. The van der Waals surface area contributed by atoms with E-state index in [0.29, 0.717) is 28.2 Å². The average Bonchev–Trinajstić information content (AvgIpc) is 2.72. The number of nitrogens with one attached hydrogen (secondary N) is 1. The van der Waals surface area contributed by atoms with Crippen molar-refractivity contribution in [2.24, 2.45) is 0 Å². The predicted octanol–water partition coefficient (Wildman–Crippen LogP) is 4.85. The Balaban J connectivity index is 1.94. The molecule has 140 valence electrons. The van der Waals surface area contributed by atoms with Crippen molar-refractivity contribution in [2.75, 3.05) is 13.1 Å². The third-order valence-electron chi connectivity index (χ3n) is 4.45. The van der Waals surface area contributed by atoms with Crippen LogP contribution in [0.15, 0.2) is 60.3 Å². The molecule has 3 rings (SSSR count). The van der Waals surface area contributed by atoms with Crippen LogP contribution >= 0.6 is 27.5 Å². The van der Waals surface area contributed by atoms with Gasteiger partial charge in [0.1, 0.15) is 5.70 Å². The van der Waals surface area contributed by atoms with Crippen LogP contribution in [-0.2, 0) is 4.79 Å². The maximum atomic E-state index is 13.1. The van der Waals surface area contributed by atoms with Gasteiger partial charge in [0.05, 0.1) is 4.48 Å². The van der Waals surface area contributed by atoms with Crippen LogP contribution in [0.3, 0.4) is 0 Å². The fourth-order valence-electron chi connectivity index (χ4n) is 2.97. The molecule has 2 aromatic carbocycles.